The summed E-state index contributed by atoms with van der Waals surface area (Å²) in [5.74, 6) is 2.06. The molecule has 0 bridgehead atoms. The van der Waals surface area contributed by atoms with E-state index >= 15 is 9.59 Å². The van der Waals surface area contributed by atoms with Gasteiger partial charge in [0.1, 0.15) is 57.3 Å². The van der Waals surface area contributed by atoms with Gasteiger partial charge >= 0.3 is 0 Å². The molecule has 0 saturated carbocycles. The van der Waals surface area contributed by atoms with Crippen LogP contribution in [-0.4, -0.2) is 18.8 Å². The van der Waals surface area contributed by atoms with Crippen molar-refractivity contribution in [2.75, 3.05) is 45.9 Å². The quantitative estimate of drug-likeness (QED) is 0.0384. The summed E-state index contributed by atoms with van der Waals surface area (Å²) in [6.07, 6.45) is 0. The molecule has 18 heteroatoms. The Morgan fingerprint density at radius 1 is 0.308 bits per heavy atom. The van der Waals surface area contributed by atoms with Gasteiger partial charge in [0.05, 0.1) is 32.8 Å². The van der Waals surface area contributed by atoms with Crippen LogP contribution in [0.3, 0.4) is 0 Å². The first-order valence-corrected chi connectivity index (χ1v) is 24.6. The third kappa shape index (κ3) is 6.37. The lowest BCUT2D eigenvalue weighted by Gasteiger charge is -2.25. The van der Waals surface area contributed by atoms with Crippen molar-refractivity contribution in [1.82, 2.24) is 18.8 Å². The monoisotopic (exact) mass is 1030 g/mol. The average Bonchev–Trinajstić information content (AvgIpc) is 2.51. The van der Waals surface area contributed by atoms with Crippen molar-refractivity contribution in [3.05, 3.63) is 166 Å². The molecule has 0 aliphatic heterocycles. The highest BCUT2D eigenvalue weighted by Crippen LogP contribution is 2.58. The first-order chi connectivity index (χ1) is 37.7. The molecule has 0 spiro atoms. The number of nitrogen functional groups attached to an aromatic ring is 8. The van der Waals surface area contributed by atoms with Crippen LogP contribution in [0.25, 0.3) is 98.0 Å². The van der Waals surface area contributed by atoms with E-state index in [0.29, 0.717) is 144 Å². The van der Waals surface area contributed by atoms with Crippen molar-refractivity contribution < 1.29 is 18.9 Å². The summed E-state index contributed by atoms with van der Waals surface area (Å²) in [7, 11) is 0. The van der Waals surface area contributed by atoms with Gasteiger partial charge < -0.3 is 74.8 Å². The van der Waals surface area contributed by atoms with Gasteiger partial charge in [-0.3, -0.25) is 18.4 Å². The van der Waals surface area contributed by atoms with E-state index in [1.165, 1.54) is 0 Å². The third-order valence-electron chi connectivity index (χ3n) is 14.5. The molecule has 0 amide bonds. The lowest BCUT2D eigenvalue weighted by atomic mass is 9.84. The Balaban J connectivity index is 1.26. The molecule has 78 heavy (non-hydrogen) atoms. The van der Waals surface area contributed by atoms with Crippen molar-refractivity contribution >= 4 is 143 Å². The number of ether oxygens (including phenoxy) is 4. The Bertz CT molecular complexity index is 4850. The van der Waals surface area contributed by atoms with Gasteiger partial charge in [-0.2, -0.15) is 0 Å². The van der Waals surface area contributed by atoms with Crippen molar-refractivity contribution in [3.8, 4) is 46.0 Å². The van der Waals surface area contributed by atoms with Crippen molar-refractivity contribution in [1.29, 1.82) is 0 Å². The molecule has 15 aromatic rings. The van der Waals surface area contributed by atoms with Gasteiger partial charge in [-0.15, -0.1) is 0 Å². The number of pyridine rings is 2. The molecule has 0 unspecified atom stereocenters. The number of nitrogens with two attached hydrogens (primary N) is 8. The highest BCUT2D eigenvalue weighted by molar-refractivity contribution is 6.45. The van der Waals surface area contributed by atoms with E-state index in [1.54, 1.807) is 93.7 Å². The molecule has 0 radical (unpaired) electrons. The Kier molecular flexibility index (Phi) is 8.81. The van der Waals surface area contributed by atoms with Crippen LogP contribution >= 0.6 is 0 Å². The highest BCUT2D eigenvalue weighted by Gasteiger charge is 2.33. The van der Waals surface area contributed by atoms with Crippen LogP contribution in [0.5, 0.6) is 46.0 Å². The number of benzene rings is 11. The summed E-state index contributed by atoms with van der Waals surface area (Å²) >= 11 is 0. The van der Waals surface area contributed by atoms with Crippen molar-refractivity contribution in [2.45, 2.75) is 0 Å². The topological polar surface area (TPSA) is 320 Å². The molecule has 378 valence electrons. The summed E-state index contributed by atoms with van der Waals surface area (Å²) in [5.41, 5.74) is 57.4. The van der Waals surface area contributed by atoms with E-state index in [-0.39, 0.29) is 56.4 Å². The number of hydrogen-bond donors (Lipinski definition) is 10. The van der Waals surface area contributed by atoms with Crippen LogP contribution in [0.15, 0.2) is 155 Å². The van der Waals surface area contributed by atoms with Gasteiger partial charge in [-0.05, 0) is 72.8 Å². The van der Waals surface area contributed by atoms with Gasteiger partial charge in [0.2, 0.25) is 0 Å². The van der Waals surface area contributed by atoms with Crippen LogP contribution < -0.4 is 75.9 Å². The fourth-order valence-electron chi connectivity index (χ4n) is 11.7. The smallest absolute Gasteiger partial charge is 0.264 e. The lowest BCUT2D eigenvalue weighted by Crippen LogP contribution is -2.15. The van der Waals surface area contributed by atoms with E-state index in [1.807, 2.05) is 60.7 Å². The molecular formula is C60H42N12O6. The number of H-pyrrole nitrogens is 2. The number of anilines is 8. The van der Waals surface area contributed by atoms with Crippen molar-refractivity contribution in [2.24, 2.45) is 0 Å². The molecular weight excluding hydrogens is 985 g/mol. The number of aromatic nitrogens is 4. The van der Waals surface area contributed by atoms with Crippen LogP contribution in [0, 0.1) is 0 Å². The van der Waals surface area contributed by atoms with Gasteiger partial charge in [-0.1, -0.05) is 24.3 Å². The van der Waals surface area contributed by atoms with Crippen LogP contribution in [0.2, 0.25) is 0 Å². The van der Waals surface area contributed by atoms with E-state index in [0.717, 1.165) is 0 Å². The fourth-order valence-corrected chi connectivity index (χ4v) is 11.7. The number of aromatic amines is 2. The van der Waals surface area contributed by atoms with Crippen LogP contribution in [0.4, 0.5) is 45.5 Å². The first kappa shape index (κ1) is 44.1. The highest BCUT2D eigenvalue weighted by atomic mass is 16.5. The zero-order valence-electron chi connectivity index (χ0n) is 40.8. The minimum absolute atomic E-state index is 0.189. The number of hydrogen-bond acceptors (Lipinski definition) is 14. The lowest BCUT2D eigenvalue weighted by molar-refractivity contribution is 0.484. The largest absolute Gasteiger partial charge is 0.457 e. The first-order valence-electron chi connectivity index (χ1n) is 24.6. The maximum atomic E-state index is 15.7. The van der Waals surface area contributed by atoms with Crippen molar-refractivity contribution in [3.63, 3.8) is 0 Å². The third-order valence-corrected chi connectivity index (χ3v) is 14.5. The molecule has 4 heterocycles. The summed E-state index contributed by atoms with van der Waals surface area (Å²) in [6.45, 7) is 0. The standard InChI is InChI=1S/C60H42N12O6/c61-25-9-26(62)14-33(13-25)75-45-21-37-49-39(59(73)71-43-7-3-1-5-41(43)69-57(37)71)23-47(77-35-17-29(65)11-30(66)18-35)53-54-48(78-36-19-31(67)12-32(68)20-36)24-40-50-38(58-70-42-6-2-4-8-44(42)72(58)60(40)74)22-46(52(56(50)54)51(45)55(49)53)76-34-15-27(63)10-28(64)16-34/h1-24,69-70H,61-68H2. The van der Waals surface area contributed by atoms with Gasteiger partial charge in [0.15, 0.2) is 0 Å². The zero-order valence-corrected chi connectivity index (χ0v) is 40.8. The Morgan fingerprint density at radius 3 is 0.872 bits per heavy atom. The minimum Gasteiger partial charge on any atom is -0.457 e. The van der Waals surface area contributed by atoms with E-state index < -0.39 is 0 Å². The van der Waals surface area contributed by atoms with E-state index in [4.69, 9.17) is 64.8 Å². The van der Waals surface area contributed by atoms with E-state index in [9.17, 15) is 0 Å². The molecule has 0 aliphatic carbocycles. The Morgan fingerprint density at radius 2 is 0.577 bits per heavy atom. The number of imidazole rings is 2. The predicted octanol–water partition coefficient (Wildman–Crippen LogP) is 11.5. The Hall–Kier alpha value is -11.4. The molecule has 0 saturated heterocycles. The molecule has 18 nitrogen and oxygen atoms in total. The molecule has 15 rings (SSSR count). The Labute approximate surface area is 437 Å². The molecule has 0 aliphatic rings. The predicted molar refractivity (Wildman–Crippen MR) is 313 cm³/mol. The zero-order chi connectivity index (χ0) is 53.2. The maximum Gasteiger partial charge on any atom is 0.264 e. The second kappa shape index (κ2) is 15.6. The molecule has 18 N–H and O–H groups in total. The number of rotatable bonds is 8. The molecule has 0 fully saturated rings. The van der Waals surface area contributed by atoms with E-state index in [2.05, 4.69) is 9.97 Å². The second-order valence-corrected chi connectivity index (χ2v) is 19.7. The fraction of sp³-hybridized carbons (Fsp3) is 0. The van der Waals surface area contributed by atoms with Gasteiger partial charge in [0, 0.05) is 148 Å². The maximum absolute atomic E-state index is 15.7. The number of fused-ring (bicyclic) bond motifs is 10. The molecule has 0 atom stereocenters. The number of nitrogens with one attached hydrogen (secondary N) is 2. The number of para-hydroxylation sites is 4. The minimum atomic E-state index is -0.356. The molecule has 11 aromatic carbocycles. The summed E-state index contributed by atoms with van der Waals surface area (Å²) < 4.78 is 31.8. The van der Waals surface area contributed by atoms with Crippen LogP contribution in [0.1, 0.15) is 0 Å². The summed E-state index contributed by atoms with van der Waals surface area (Å²) in [5, 5.41) is 5.49. The second-order valence-electron chi connectivity index (χ2n) is 19.7. The average molecular weight is 1030 g/mol. The normalized spacial score (nSPS) is 12.1. The van der Waals surface area contributed by atoms with Crippen LogP contribution in [-0.2, 0) is 0 Å². The van der Waals surface area contributed by atoms with Gasteiger partial charge in [0.25, 0.3) is 11.1 Å². The summed E-state index contributed by atoms with van der Waals surface area (Å²) in [6, 6.07) is 41.9. The molecule has 4 aromatic heterocycles. The SMILES string of the molecule is Nc1cc(N)cc(Oc2cc3c(=O)n4c5ccccc5[nH]c4c4cc(Oc5cc(N)cc(N)c5)c5c6c(Oc7cc(N)cc(N)c7)cc7c8c(cc(Oc9cc(N)cc(N)c9)c(c2c5c34)c68)c(=O)n2c3ccccc3[nH]c72)c1. The summed E-state index contributed by atoms with van der Waals surface area (Å²) in [4.78, 5) is 38.4. The van der Waals surface area contributed by atoms with Gasteiger partial charge in [-0.25, -0.2) is 0 Å². The number of nitrogens with zero attached hydrogens (tertiary/aromatic N) is 2.